The molecule has 0 saturated carbocycles. The molecule has 1 aromatic carbocycles. The van der Waals surface area contributed by atoms with E-state index in [1.165, 1.54) is 0 Å². The molecule has 18 heavy (non-hydrogen) atoms. The van der Waals surface area contributed by atoms with Crippen molar-refractivity contribution < 1.29 is 4.74 Å². The smallest absolute Gasteiger partial charge is 0.123 e. The highest BCUT2D eigenvalue weighted by atomic mass is 35.5. The Kier molecular flexibility index (Phi) is 4.61. The molecule has 0 fully saturated rings. The molecule has 0 spiro atoms. The molecule has 1 aromatic rings. The molecule has 0 amide bonds. The van der Waals surface area contributed by atoms with E-state index >= 15 is 0 Å². The third-order valence-corrected chi connectivity index (χ3v) is 3.56. The molecule has 0 heterocycles. The number of nitrogens with zero attached hydrogens (tertiary/aromatic N) is 1. The van der Waals surface area contributed by atoms with Crippen LogP contribution in [0.5, 0.6) is 5.75 Å². The van der Waals surface area contributed by atoms with E-state index in [-0.39, 0.29) is 0 Å². The molecular formula is C14H19ClN2O. The van der Waals surface area contributed by atoms with Gasteiger partial charge in [0.2, 0.25) is 0 Å². The molecule has 0 unspecified atom stereocenters. The van der Waals surface area contributed by atoms with Crippen LogP contribution in [0.15, 0.2) is 6.07 Å². The van der Waals surface area contributed by atoms with Gasteiger partial charge in [-0.05, 0) is 44.9 Å². The first-order valence-corrected chi connectivity index (χ1v) is 6.19. The molecule has 0 aliphatic carbocycles. The summed E-state index contributed by atoms with van der Waals surface area (Å²) in [5.74, 6) is 0.802. The van der Waals surface area contributed by atoms with Gasteiger partial charge in [0, 0.05) is 17.1 Å². The summed E-state index contributed by atoms with van der Waals surface area (Å²) in [6, 6.07) is 4.13. The van der Waals surface area contributed by atoms with E-state index in [2.05, 4.69) is 11.4 Å². The van der Waals surface area contributed by atoms with Crippen LogP contribution in [0.3, 0.4) is 0 Å². The van der Waals surface area contributed by atoms with Crippen molar-refractivity contribution in [2.75, 3.05) is 7.11 Å². The predicted octanol–water partition coefficient (Wildman–Crippen LogP) is 3.36. The lowest BCUT2D eigenvalue weighted by Gasteiger charge is -2.21. The van der Waals surface area contributed by atoms with E-state index in [1.54, 1.807) is 7.11 Å². The Hall–Kier alpha value is -1.24. The number of nitrogens with one attached hydrogen (secondary N) is 1. The maximum absolute atomic E-state index is 9.00. The zero-order chi connectivity index (χ0) is 13.9. The third kappa shape index (κ3) is 3.16. The SMILES string of the molecule is COc1cc(C)c(Cl)c(C)c1CNC(C)(C)C#N. The molecular weight excluding hydrogens is 248 g/mol. The lowest BCUT2D eigenvalue weighted by atomic mass is 10.0. The van der Waals surface area contributed by atoms with Gasteiger partial charge in [-0.1, -0.05) is 11.6 Å². The van der Waals surface area contributed by atoms with Crippen molar-refractivity contribution in [2.45, 2.75) is 39.8 Å². The molecule has 3 nitrogen and oxygen atoms in total. The summed E-state index contributed by atoms with van der Waals surface area (Å²) in [6.45, 7) is 8.15. The molecule has 1 N–H and O–H groups in total. The number of aryl methyl sites for hydroxylation is 1. The largest absolute Gasteiger partial charge is 0.496 e. The lowest BCUT2D eigenvalue weighted by molar-refractivity contribution is 0.401. The Morgan fingerprint density at radius 2 is 2.06 bits per heavy atom. The molecule has 0 bridgehead atoms. The summed E-state index contributed by atoms with van der Waals surface area (Å²) in [5.41, 5.74) is 2.41. The molecule has 0 radical (unpaired) electrons. The second kappa shape index (κ2) is 5.60. The molecule has 0 aliphatic rings. The molecule has 0 aromatic heterocycles. The Balaban J connectivity index is 3.09. The summed E-state index contributed by atoms with van der Waals surface area (Å²) in [4.78, 5) is 0. The predicted molar refractivity (Wildman–Crippen MR) is 74.0 cm³/mol. The highest BCUT2D eigenvalue weighted by molar-refractivity contribution is 6.32. The number of nitriles is 1. The Morgan fingerprint density at radius 1 is 1.44 bits per heavy atom. The molecule has 0 aliphatic heterocycles. The first-order chi connectivity index (χ1) is 8.32. The fraction of sp³-hybridized carbons (Fsp3) is 0.500. The van der Waals surface area contributed by atoms with E-state index in [0.29, 0.717) is 6.54 Å². The first kappa shape index (κ1) is 14.8. The van der Waals surface area contributed by atoms with Gasteiger partial charge in [0.05, 0.1) is 13.2 Å². The van der Waals surface area contributed by atoms with E-state index < -0.39 is 5.54 Å². The van der Waals surface area contributed by atoms with E-state index in [1.807, 2.05) is 33.8 Å². The highest BCUT2D eigenvalue weighted by Gasteiger charge is 2.18. The van der Waals surface area contributed by atoms with Crippen LogP contribution in [0, 0.1) is 25.2 Å². The second-order valence-corrected chi connectivity index (χ2v) is 5.28. The van der Waals surface area contributed by atoms with E-state index in [9.17, 15) is 0 Å². The zero-order valence-electron chi connectivity index (χ0n) is 11.5. The van der Waals surface area contributed by atoms with Gasteiger partial charge in [-0.2, -0.15) is 5.26 Å². The summed E-state index contributed by atoms with van der Waals surface area (Å²) >= 11 is 6.25. The monoisotopic (exact) mass is 266 g/mol. The Labute approximate surface area is 114 Å². The zero-order valence-corrected chi connectivity index (χ0v) is 12.3. The maximum Gasteiger partial charge on any atom is 0.123 e. The van der Waals surface area contributed by atoms with Crippen molar-refractivity contribution >= 4 is 11.6 Å². The van der Waals surface area contributed by atoms with Crippen LogP contribution >= 0.6 is 11.6 Å². The normalized spacial score (nSPS) is 11.2. The van der Waals surface area contributed by atoms with Crippen LogP contribution in [-0.2, 0) is 6.54 Å². The van der Waals surface area contributed by atoms with Gasteiger partial charge in [0.15, 0.2) is 0 Å². The highest BCUT2D eigenvalue weighted by Crippen LogP contribution is 2.31. The van der Waals surface area contributed by atoms with Gasteiger partial charge in [0.1, 0.15) is 11.3 Å². The third-order valence-electron chi connectivity index (χ3n) is 2.98. The van der Waals surface area contributed by atoms with Crippen LogP contribution in [0.2, 0.25) is 5.02 Å². The van der Waals surface area contributed by atoms with Crippen LogP contribution in [0.1, 0.15) is 30.5 Å². The molecule has 98 valence electrons. The average molecular weight is 267 g/mol. The summed E-state index contributed by atoms with van der Waals surface area (Å²) in [7, 11) is 1.64. The molecule has 1 rings (SSSR count). The van der Waals surface area contributed by atoms with Crippen LogP contribution < -0.4 is 10.1 Å². The van der Waals surface area contributed by atoms with Crippen molar-refractivity contribution in [3.05, 3.63) is 27.8 Å². The van der Waals surface area contributed by atoms with E-state index in [0.717, 1.165) is 27.5 Å². The first-order valence-electron chi connectivity index (χ1n) is 5.81. The van der Waals surface area contributed by atoms with Crippen LogP contribution in [-0.4, -0.2) is 12.6 Å². The topological polar surface area (TPSA) is 45.0 Å². The number of methoxy groups -OCH3 is 1. The molecule has 0 atom stereocenters. The minimum absolute atomic E-state index is 0.551. The minimum Gasteiger partial charge on any atom is -0.496 e. The van der Waals surface area contributed by atoms with Gasteiger partial charge in [-0.25, -0.2) is 0 Å². The summed E-state index contributed by atoms with van der Waals surface area (Å²) in [5, 5.41) is 12.9. The number of ether oxygens (including phenoxy) is 1. The fourth-order valence-corrected chi connectivity index (χ4v) is 1.88. The summed E-state index contributed by atoms with van der Waals surface area (Å²) < 4.78 is 5.38. The number of hydrogen-bond acceptors (Lipinski definition) is 3. The van der Waals surface area contributed by atoms with Gasteiger partial charge in [-0.3, -0.25) is 5.32 Å². The fourth-order valence-electron chi connectivity index (χ4n) is 1.71. The van der Waals surface area contributed by atoms with Crippen molar-refractivity contribution in [1.82, 2.24) is 5.32 Å². The van der Waals surface area contributed by atoms with Crippen molar-refractivity contribution in [3.8, 4) is 11.8 Å². The molecule has 4 heteroatoms. The standard InChI is InChI=1S/C14H19ClN2O/c1-9-6-12(18-5)11(10(2)13(9)15)7-17-14(3,4)8-16/h6,17H,7H2,1-5H3. The van der Waals surface area contributed by atoms with Crippen LogP contribution in [0.4, 0.5) is 0 Å². The lowest BCUT2D eigenvalue weighted by Crippen LogP contribution is -2.37. The average Bonchev–Trinajstić information content (AvgIpc) is 2.34. The number of halogens is 1. The van der Waals surface area contributed by atoms with Gasteiger partial charge < -0.3 is 4.74 Å². The van der Waals surface area contributed by atoms with Gasteiger partial charge in [0.25, 0.3) is 0 Å². The molecule has 0 saturated heterocycles. The van der Waals surface area contributed by atoms with Gasteiger partial charge >= 0.3 is 0 Å². The number of rotatable bonds is 4. The van der Waals surface area contributed by atoms with Crippen LogP contribution in [0.25, 0.3) is 0 Å². The summed E-state index contributed by atoms with van der Waals surface area (Å²) in [6.07, 6.45) is 0. The number of benzene rings is 1. The van der Waals surface area contributed by atoms with Gasteiger partial charge in [-0.15, -0.1) is 0 Å². The number of hydrogen-bond donors (Lipinski definition) is 1. The van der Waals surface area contributed by atoms with Crippen molar-refractivity contribution in [2.24, 2.45) is 0 Å². The van der Waals surface area contributed by atoms with Crippen molar-refractivity contribution in [3.63, 3.8) is 0 Å². The maximum atomic E-state index is 9.00. The van der Waals surface area contributed by atoms with Crippen molar-refractivity contribution in [1.29, 1.82) is 5.26 Å². The second-order valence-electron chi connectivity index (χ2n) is 4.90. The quantitative estimate of drug-likeness (QED) is 0.909. The Bertz CT molecular complexity index is 490. The minimum atomic E-state index is -0.575. The Morgan fingerprint density at radius 3 is 2.56 bits per heavy atom. The van der Waals surface area contributed by atoms with E-state index in [4.69, 9.17) is 21.6 Å².